The summed E-state index contributed by atoms with van der Waals surface area (Å²) in [5.41, 5.74) is 5.06. The van der Waals surface area contributed by atoms with Crippen molar-refractivity contribution in [3.8, 4) is 12.3 Å². The molecule has 0 aromatic carbocycles. The molecule has 0 aromatic rings. The molecular formula is C6H9NO3. The van der Waals surface area contributed by atoms with Crippen LogP contribution >= 0.6 is 0 Å². The van der Waals surface area contributed by atoms with Gasteiger partial charge in [0.25, 0.3) is 0 Å². The maximum atomic E-state index is 10.5. The zero-order valence-electron chi connectivity index (χ0n) is 5.41. The summed E-state index contributed by atoms with van der Waals surface area (Å²) in [6.45, 7) is -0.532. The Morgan fingerprint density at radius 1 is 1.90 bits per heavy atom. The highest BCUT2D eigenvalue weighted by Crippen LogP contribution is 1.82. The molecule has 0 aromatic heterocycles. The Balaban J connectivity index is 3.54. The molecule has 4 heteroatoms. The van der Waals surface area contributed by atoms with Gasteiger partial charge in [-0.2, -0.15) is 0 Å². The van der Waals surface area contributed by atoms with E-state index >= 15 is 0 Å². The van der Waals surface area contributed by atoms with E-state index in [0.29, 0.717) is 0 Å². The second-order valence-corrected chi connectivity index (χ2v) is 1.60. The van der Waals surface area contributed by atoms with E-state index < -0.39 is 18.6 Å². The fourth-order valence-electron chi connectivity index (χ4n) is 0.294. The van der Waals surface area contributed by atoms with E-state index in [9.17, 15) is 4.79 Å². The Morgan fingerprint density at radius 2 is 2.50 bits per heavy atom. The van der Waals surface area contributed by atoms with Gasteiger partial charge in [0, 0.05) is 0 Å². The lowest BCUT2D eigenvalue weighted by atomic mass is 10.3. The van der Waals surface area contributed by atoms with Crippen LogP contribution in [-0.2, 0) is 9.53 Å². The molecule has 56 valence electrons. The molecule has 10 heavy (non-hydrogen) atoms. The summed E-state index contributed by atoms with van der Waals surface area (Å²) < 4.78 is 4.38. The number of carbonyl (C=O) groups excluding carboxylic acids is 1. The third-order valence-electron chi connectivity index (χ3n) is 0.797. The number of rotatable bonds is 3. The van der Waals surface area contributed by atoms with Crippen molar-refractivity contribution in [2.45, 2.75) is 6.04 Å². The normalized spacial score (nSPS) is 11.7. The second kappa shape index (κ2) is 4.79. The number of esters is 1. The van der Waals surface area contributed by atoms with Gasteiger partial charge in [0.2, 0.25) is 0 Å². The number of terminal acetylenes is 1. The highest BCUT2D eigenvalue weighted by Gasteiger charge is 2.11. The summed E-state index contributed by atoms with van der Waals surface area (Å²) in [5.74, 6) is 1.42. The predicted octanol–water partition coefficient (Wildman–Crippen LogP) is -1.52. The lowest BCUT2D eigenvalue weighted by Gasteiger charge is -2.04. The first-order chi connectivity index (χ1) is 4.72. The van der Waals surface area contributed by atoms with Crippen molar-refractivity contribution in [2.75, 3.05) is 13.2 Å². The molecule has 0 radical (unpaired) electrons. The lowest BCUT2D eigenvalue weighted by Crippen LogP contribution is -2.35. The third kappa shape index (κ3) is 3.07. The minimum atomic E-state index is -0.978. The van der Waals surface area contributed by atoms with E-state index in [-0.39, 0.29) is 6.61 Å². The minimum absolute atomic E-state index is 0.105. The first kappa shape index (κ1) is 8.95. The first-order valence-electron chi connectivity index (χ1n) is 2.69. The number of nitrogens with two attached hydrogens (primary N) is 1. The summed E-state index contributed by atoms with van der Waals surface area (Å²) in [6.07, 6.45) is 4.79. The van der Waals surface area contributed by atoms with Crippen LogP contribution in [-0.4, -0.2) is 30.3 Å². The van der Waals surface area contributed by atoms with Gasteiger partial charge >= 0.3 is 5.97 Å². The maximum absolute atomic E-state index is 10.5. The Hall–Kier alpha value is -1.05. The Bertz CT molecular complexity index is 150. The average molecular weight is 143 g/mol. The molecule has 0 bridgehead atoms. The van der Waals surface area contributed by atoms with E-state index in [2.05, 4.69) is 10.7 Å². The van der Waals surface area contributed by atoms with Gasteiger partial charge in [0.05, 0.1) is 6.61 Å². The van der Waals surface area contributed by atoms with Crippen molar-refractivity contribution in [1.29, 1.82) is 0 Å². The molecule has 0 amide bonds. The molecule has 0 rings (SSSR count). The molecule has 0 saturated heterocycles. The fraction of sp³-hybridized carbons (Fsp3) is 0.500. The lowest BCUT2D eigenvalue weighted by molar-refractivity contribution is -0.144. The number of ether oxygens (including phenoxy) is 1. The molecule has 0 heterocycles. The Morgan fingerprint density at radius 3 is 2.90 bits per heavy atom. The highest BCUT2D eigenvalue weighted by atomic mass is 16.5. The number of aliphatic hydroxyl groups excluding tert-OH is 1. The number of aliphatic hydroxyl groups is 1. The Labute approximate surface area is 59.0 Å². The third-order valence-corrected chi connectivity index (χ3v) is 0.797. The maximum Gasteiger partial charge on any atom is 0.326 e. The topological polar surface area (TPSA) is 72.5 Å². The number of hydrogen-bond donors (Lipinski definition) is 2. The standard InChI is InChI=1S/C6H9NO3/c1-2-3-10-6(9)5(7)4-8/h1,5,8H,3-4,7H2. The van der Waals surface area contributed by atoms with Crippen molar-refractivity contribution >= 4 is 5.97 Å². The van der Waals surface area contributed by atoms with Crippen LogP contribution in [0.1, 0.15) is 0 Å². The van der Waals surface area contributed by atoms with Crippen LogP contribution in [0.3, 0.4) is 0 Å². The summed E-state index contributed by atoms with van der Waals surface area (Å²) in [7, 11) is 0. The van der Waals surface area contributed by atoms with E-state index in [0.717, 1.165) is 0 Å². The molecule has 1 atom stereocenters. The molecule has 0 saturated carbocycles. The SMILES string of the molecule is C#CCOC(=O)C(N)CO. The first-order valence-corrected chi connectivity index (χ1v) is 2.69. The van der Waals surface area contributed by atoms with Crippen LogP contribution in [0.5, 0.6) is 0 Å². The van der Waals surface area contributed by atoms with E-state index in [1.54, 1.807) is 0 Å². The van der Waals surface area contributed by atoms with Crippen LogP contribution in [0.4, 0.5) is 0 Å². The molecule has 4 nitrogen and oxygen atoms in total. The van der Waals surface area contributed by atoms with Gasteiger partial charge in [-0.1, -0.05) is 5.92 Å². The summed E-state index contributed by atoms with van der Waals surface area (Å²) in [5, 5.41) is 8.33. The largest absolute Gasteiger partial charge is 0.451 e. The quantitative estimate of drug-likeness (QED) is 0.372. The van der Waals surface area contributed by atoms with Crippen LogP contribution in [0.15, 0.2) is 0 Å². The van der Waals surface area contributed by atoms with E-state index in [1.165, 1.54) is 0 Å². The van der Waals surface area contributed by atoms with E-state index in [1.807, 2.05) is 0 Å². The molecule has 0 spiro atoms. The van der Waals surface area contributed by atoms with Crippen molar-refractivity contribution in [3.63, 3.8) is 0 Å². The van der Waals surface area contributed by atoms with Gasteiger partial charge in [-0.15, -0.1) is 6.42 Å². The fourth-order valence-corrected chi connectivity index (χ4v) is 0.294. The van der Waals surface area contributed by atoms with Gasteiger partial charge in [0.15, 0.2) is 6.61 Å². The Kier molecular flexibility index (Phi) is 4.29. The van der Waals surface area contributed by atoms with Gasteiger partial charge in [0.1, 0.15) is 6.04 Å². The summed E-state index contributed by atoms with van der Waals surface area (Å²) in [4.78, 5) is 10.5. The van der Waals surface area contributed by atoms with Gasteiger partial charge < -0.3 is 15.6 Å². The van der Waals surface area contributed by atoms with Gasteiger partial charge in [-0.05, 0) is 0 Å². The summed E-state index contributed by atoms with van der Waals surface area (Å²) >= 11 is 0. The van der Waals surface area contributed by atoms with Crippen LogP contribution in [0.25, 0.3) is 0 Å². The molecular weight excluding hydrogens is 134 g/mol. The molecule has 1 unspecified atom stereocenters. The minimum Gasteiger partial charge on any atom is -0.451 e. The van der Waals surface area contributed by atoms with Crippen molar-refractivity contribution in [2.24, 2.45) is 5.73 Å². The van der Waals surface area contributed by atoms with Gasteiger partial charge in [-0.25, -0.2) is 0 Å². The van der Waals surface area contributed by atoms with Crippen LogP contribution < -0.4 is 5.73 Å². The molecule has 0 fully saturated rings. The highest BCUT2D eigenvalue weighted by molar-refractivity contribution is 5.75. The predicted molar refractivity (Wildman–Crippen MR) is 34.9 cm³/mol. The number of carbonyl (C=O) groups is 1. The molecule has 0 aliphatic rings. The zero-order chi connectivity index (χ0) is 7.98. The van der Waals surface area contributed by atoms with E-state index in [4.69, 9.17) is 17.3 Å². The second-order valence-electron chi connectivity index (χ2n) is 1.60. The van der Waals surface area contributed by atoms with Gasteiger partial charge in [-0.3, -0.25) is 4.79 Å². The smallest absolute Gasteiger partial charge is 0.326 e. The monoisotopic (exact) mass is 143 g/mol. The van der Waals surface area contributed by atoms with Crippen LogP contribution in [0.2, 0.25) is 0 Å². The zero-order valence-corrected chi connectivity index (χ0v) is 5.41. The number of hydrogen-bond acceptors (Lipinski definition) is 4. The van der Waals surface area contributed by atoms with Crippen molar-refractivity contribution < 1.29 is 14.6 Å². The molecule has 0 aliphatic heterocycles. The van der Waals surface area contributed by atoms with Crippen LogP contribution in [0, 0.1) is 12.3 Å². The van der Waals surface area contributed by atoms with Crippen molar-refractivity contribution in [3.05, 3.63) is 0 Å². The molecule has 0 aliphatic carbocycles. The average Bonchev–Trinajstić information content (AvgIpc) is 1.98. The van der Waals surface area contributed by atoms with Crippen molar-refractivity contribution in [1.82, 2.24) is 0 Å². The summed E-state index contributed by atoms with van der Waals surface area (Å²) in [6, 6.07) is -0.978. The molecule has 3 N–H and O–H groups in total.